The van der Waals surface area contributed by atoms with Crippen LogP contribution in [0.3, 0.4) is 0 Å². The molecule has 0 heterocycles. The number of carboxylic acids is 1. The Balaban J connectivity index is 2.62. The van der Waals surface area contributed by atoms with Crippen LogP contribution in [0.2, 0.25) is 5.02 Å². The number of aromatic carboxylic acids is 1. The Kier molecular flexibility index (Phi) is 6.66. The molecule has 0 aromatic heterocycles. The smallest absolute Gasteiger partial charge is 0.417 e. The fraction of sp³-hybridized carbons (Fsp3) is 0.150. The first-order valence-corrected chi connectivity index (χ1v) is 8.43. The zero-order chi connectivity index (χ0) is 22.9. The maximum Gasteiger partial charge on any atom is 0.417 e. The summed E-state index contributed by atoms with van der Waals surface area (Å²) in [5.74, 6) is -6.05. The molecule has 30 heavy (non-hydrogen) atoms. The van der Waals surface area contributed by atoms with Crippen molar-refractivity contribution in [3.05, 3.63) is 81.9 Å². The summed E-state index contributed by atoms with van der Waals surface area (Å²) in [6.45, 7) is 3.41. The van der Waals surface area contributed by atoms with E-state index in [0.29, 0.717) is 12.1 Å². The number of carboxylic acid groups (broad SMARTS) is 1. The number of carbonyl (C=O) groups is 1. The third-order valence-electron chi connectivity index (χ3n) is 4.03. The van der Waals surface area contributed by atoms with Gasteiger partial charge >= 0.3 is 18.3 Å². The van der Waals surface area contributed by atoms with Crippen LogP contribution in [0.1, 0.15) is 38.5 Å². The van der Waals surface area contributed by atoms with E-state index in [1.165, 1.54) is 12.1 Å². The molecule has 1 N–H and O–H groups in total. The summed E-state index contributed by atoms with van der Waals surface area (Å²) >= 11 is 5.78. The van der Waals surface area contributed by atoms with Gasteiger partial charge in [-0.3, -0.25) is 0 Å². The van der Waals surface area contributed by atoms with E-state index in [0.717, 1.165) is 12.1 Å². The molecule has 2 rings (SSSR count). The van der Waals surface area contributed by atoms with Gasteiger partial charge in [0.15, 0.2) is 0 Å². The van der Waals surface area contributed by atoms with Crippen LogP contribution in [0.15, 0.2) is 49.1 Å². The molecule has 0 aliphatic heterocycles. The average molecular weight is 453 g/mol. The van der Waals surface area contributed by atoms with Gasteiger partial charge < -0.3 is 5.11 Å². The maximum absolute atomic E-state index is 14.6. The van der Waals surface area contributed by atoms with Crippen molar-refractivity contribution in [3.63, 3.8) is 0 Å². The lowest BCUT2D eigenvalue weighted by atomic mass is 9.94. The summed E-state index contributed by atoms with van der Waals surface area (Å²) in [5.41, 5.74) is -3.91. The summed E-state index contributed by atoms with van der Waals surface area (Å²) in [4.78, 5) is 11.0. The molecule has 10 heteroatoms. The molecule has 0 radical (unpaired) electrons. The lowest BCUT2D eigenvalue weighted by Crippen LogP contribution is -2.19. The van der Waals surface area contributed by atoms with Crippen molar-refractivity contribution < 1.29 is 40.6 Å². The highest BCUT2D eigenvalue weighted by atomic mass is 35.5. The first-order chi connectivity index (χ1) is 13.7. The Labute approximate surface area is 170 Å². The van der Waals surface area contributed by atoms with E-state index in [-0.39, 0.29) is 22.7 Å². The molecular formula is C20H12ClF7O2. The van der Waals surface area contributed by atoms with Crippen LogP contribution in [0.5, 0.6) is 0 Å². The predicted molar refractivity (Wildman–Crippen MR) is 97.8 cm³/mol. The summed E-state index contributed by atoms with van der Waals surface area (Å²) < 4.78 is 94.5. The second-order valence-electron chi connectivity index (χ2n) is 6.12. The molecule has 0 saturated heterocycles. The molecular weight excluding hydrogens is 441 g/mol. The minimum atomic E-state index is -5.15. The average Bonchev–Trinajstić information content (AvgIpc) is 2.63. The molecule has 2 nitrogen and oxygen atoms in total. The highest BCUT2D eigenvalue weighted by molar-refractivity contribution is 6.30. The van der Waals surface area contributed by atoms with Crippen LogP contribution in [-0.4, -0.2) is 17.3 Å². The monoisotopic (exact) mass is 452 g/mol. The van der Waals surface area contributed by atoms with Gasteiger partial charge in [-0.25, -0.2) is 9.18 Å². The number of halogens is 8. The third kappa shape index (κ3) is 5.41. The van der Waals surface area contributed by atoms with E-state index in [1.807, 2.05) is 0 Å². The number of alkyl halides is 6. The zero-order valence-electron chi connectivity index (χ0n) is 14.8. The molecule has 160 valence electrons. The topological polar surface area (TPSA) is 37.3 Å². The number of rotatable bonds is 5. The summed E-state index contributed by atoms with van der Waals surface area (Å²) in [5, 5.41) is 8.78. The molecule has 0 aliphatic rings. The highest BCUT2D eigenvalue weighted by Crippen LogP contribution is 2.40. The van der Waals surface area contributed by atoms with E-state index in [1.54, 1.807) is 0 Å². The number of hydrogen-bond donors (Lipinski definition) is 1. The Morgan fingerprint density at radius 1 is 1.07 bits per heavy atom. The lowest BCUT2D eigenvalue weighted by molar-refractivity contribution is -0.140. The molecule has 0 fully saturated rings. The van der Waals surface area contributed by atoms with E-state index >= 15 is 0 Å². The van der Waals surface area contributed by atoms with Crippen LogP contribution < -0.4 is 0 Å². The standard InChI is InChI=1S/C20H12ClF7O2/c1-2-10-5-12(7-13(21)6-10)15(19(23,24)25)9-17(22)11-3-4-14(18(29)30)16(8-11)20(26,27)28/h2-9,15H,1H2,(H,29,30). The minimum Gasteiger partial charge on any atom is -0.478 e. The summed E-state index contributed by atoms with van der Waals surface area (Å²) in [6, 6.07) is 4.62. The Morgan fingerprint density at radius 2 is 1.70 bits per heavy atom. The van der Waals surface area contributed by atoms with E-state index in [4.69, 9.17) is 16.7 Å². The summed E-state index contributed by atoms with van der Waals surface area (Å²) in [7, 11) is 0. The maximum atomic E-state index is 14.6. The highest BCUT2D eigenvalue weighted by Gasteiger charge is 2.40. The van der Waals surface area contributed by atoms with Crippen molar-refractivity contribution in [1.82, 2.24) is 0 Å². The van der Waals surface area contributed by atoms with Crippen LogP contribution >= 0.6 is 11.6 Å². The second kappa shape index (κ2) is 8.51. The first-order valence-electron chi connectivity index (χ1n) is 8.06. The fourth-order valence-electron chi connectivity index (χ4n) is 2.67. The number of allylic oxidation sites excluding steroid dienone is 1. The quantitative estimate of drug-likeness (QED) is 0.481. The van der Waals surface area contributed by atoms with Crippen molar-refractivity contribution in [3.8, 4) is 0 Å². The Bertz CT molecular complexity index is 1010. The van der Waals surface area contributed by atoms with Crippen molar-refractivity contribution in [2.45, 2.75) is 18.3 Å². The van der Waals surface area contributed by atoms with Gasteiger partial charge in [-0.1, -0.05) is 36.4 Å². The Morgan fingerprint density at radius 3 is 2.20 bits per heavy atom. The van der Waals surface area contributed by atoms with Crippen LogP contribution in [-0.2, 0) is 6.18 Å². The second-order valence-corrected chi connectivity index (χ2v) is 6.56. The van der Waals surface area contributed by atoms with Gasteiger partial charge in [0, 0.05) is 10.6 Å². The SMILES string of the molecule is C=Cc1cc(Cl)cc(C(C=C(F)c2ccc(C(=O)O)c(C(F)(F)F)c2)C(F)(F)F)c1. The van der Waals surface area contributed by atoms with Crippen molar-refractivity contribution >= 4 is 29.5 Å². The third-order valence-corrected chi connectivity index (χ3v) is 4.25. The van der Waals surface area contributed by atoms with Gasteiger partial charge in [0.1, 0.15) is 11.7 Å². The molecule has 1 atom stereocenters. The summed E-state index contributed by atoms with van der Waals surface area (Å²) in [6.07, 6.45) is -8.81. The predicted octanol–water partition coefficient (Wildman–Crippen LogP) is 7.36. The fourth-order valence-corrected chi connectivity index (χ4v) is 2.92. The van der Waals surface area contributed by atoms with Gasteiger partial charge in [-0.15, -0.1) is 0 Å². The number of benzene rings is 2. The van der Waals surface area contributed by atoms with Gasteiger partial charge in [-0.2, -0.15) is 26.3 Å². The van der Waals surface area contributed by atoms with Gasteiger partial charge in [0.05, 0.1) is 11.1 Å². The normalized spacial score (nSPS) is 13.8. The van der Waals surface area contributed by atoms with Gasteiger partial charge in [0.25, 0.3) is 0 Å². The van der Waals surface area contributed by atoms with Crippen molar-refractivity contribution in [2.75, 3.05) is 0 Å². The van der Waals surface area contributed by atoms with E-state index in [9.17, 15) is 35.5 Å². The molecule has 0 amide bonds. The van der Waals surface area contributed by atoms with Crippen LogP contribution in [0, 0.1) is 0 Å². The Hall–Kier alpha value is -2.81. The lowest BCUT2D eigenvalue weighted by Gasteiger charge is -2.19. The van der Waals surface area contributed by atoms with Crippen molar-refractivity contribution in [2.24, 2.45) is 0 Å². The van der Waals surface area contributed by atoms with E-state index < -0.39 is 52.3 Å². The van der Waals surface area contributed by atoms with Crippen LogP contribution in [0.25, 0.3) is 11.9 Å². The molecule has 2 aromatic carbocycles. The molecule has 0 aliphatic carbocycles. The molecule has 0 spiro atoms. The molecule has 1 unspecified atom stereocenters. The zero-order valence-corrected chi connectivity index (χ0v) is 15.5. The molecule has 0 saturated carbocycles. The molecule has 2 aromatic rings. The first kappa shape index (κ1) is 23.5. The minimum absolute atomic E-state index is 0.0735. The van der Waals surface area contributed by atoms with Gasteiger partial charge in [-0.05, 0) is 41.5 Å². The largest absolute Gasteiger partial charge is 0.478 e. The van der Waals surface area contributed by atoms with Gasteiger partial charge in [0.2, 0.25) is 0 Å². The molecule has 0 bridgehead atoms. The van der Waals surface area contributed by atoms with E-state index in [2.05, 4.69) is 6.58 Å². The number of hydrogen-bond acceptors (Lipinski definition) is 1. The van der Waals surface area contributed by atoms with Crippen LogP contribution in [0.4, 0.5) is 30.7 Å². The van der Waals surface area contributed by atoms with Crippen molar-refractivity contribution in [1.29, 1.82) is 0 Å².